The highest BCUT2D eigenvalue weighted by atomic mass is 32.1. The first-order valence-electron chi connectivity index (χ1n) is 9.46. The second kappa shape index (κ2) is 8.04. The average molecular weight is 401 g/mol. The standard InChI is InChI=1S/C20H24N4OS2/c1-3-15-13(2)26-20(22-15)23-18(25)12-24-10-8-14(9-11-24)19-21-16-6-4-5-7-17(16)27-19/h4-7,14H,3,8-12H2,1-2H3,(H,22,23,25). The number of para-hydroxylation sites is 1. The topological polar surface area (TPSA) is 58.1 Å². The summed E-state index contributed by atoms with van der Waals surface area (Å²) >= 11 is 3.37. The fraction of sp³-hybridized carbons (Fsp3) is 0.450. The summed E-state index contributed by atoms with van der Waals surface area (Å²) in [5.74, 6) is 0.542. The van der Waals surface area contributed by atoms with E-state index in [1.54, 1.807) is 11.3 Å². The number of hydrogen-bond donors (Lipinski definition) is 1. The summed E-state index contributed by atoms with van der Waals surface area (Å²) in [6.45, 7) is 6.45. The average Bonchev–Trinajstić information content (AvgIpc) is 3.25. The van der Waals surface area contributed by atoms with Crippen molar-refractivity contribution in [1.82, 2.24) is 14.9 Å². The molecule has 0 atom stereocenters. The quantitative estimate of drug-likeness (QED) is 0.688. The number of nitrogens with zero attached hydrogens (tertiary/aromatic N) is 3. The third kappa shape index (κ3) is 4.20. The number of thiazole rings is 2. The minimum Gasteiger partial charge on any atom is -0.301 e. The molecule has 142 valence electrons. The molecule has 27 heavy (non-hydrogen) atoms. The second-order valence-electron chi connectivity index (χ2n) is 6.99. The van der Waals surface area contributed by atoms with Crippen LogP contribution in [0.3, 0.4) is 0 Å². The zero-order valence-corrected chi connectivity index (χ0v) is 17.3. The van der Waals surface area contributed by atoms with Gasteiger partial charge in [0.2, 0.25) is 5.91 Å². The Balaban J connectivity index is 1.30. The molecule has 0 aliphatic carbocycles. The molecule has 2 aromatic heterocycles. The Hall–Kier alpha value is -1.83. The smallest absolute Gasteiger partial charge is 0.240 e. The molecule has 1 fully saturated rings. The minimum atomic E-state index is 0.0323. The van der Waals surface area contributed by atoms with Crippen LogP contribution in [-0.2, 0) is 11.2 Å². The van der Waals surface area contributed by atoms with Crippen molar-refractivity contribution in [3.8, 4) is 0 Å². The molecule has 0 unspecified atom stereocenters. The van der Waals surface area contributed by atoms with Crippen LogP contribution < -0.4 is 5.32 Å². The van der Waals surface area contributed by atoms with Crippen molar-refractivity contribution in [1.29, 1.82) is 0 Å². The Bertz CT molecular complexity index is 908. The predicted octanol–water partition coefficient (Wildman–Crippen LogP) is 4.44. The molecule has 4 rings (SSSR count). The molecular weight excluding hydrogens is 376 g/mol. The predicted molar refractivity (Wildman–Crippen MR) is 113 cm³/mol. The van der Waals surface area contributed by atoms with E-state index in [1.165, 1.54) is 14.6 Å². The Labute approximate surface area is 167 Å². The van der Waals surface area contributed by atoms with Gasteiger partial charge in [-0.15, -0.1) is 22.7 Å². The molecule has 5 nitrogen and oxygen atoms in total. The number of aryl methyl sites for hydroxylation is 2. The van der Waals surface area contributed by atoms with E-state index in [0.29, 0.717) is 12.5 Å². The van der Waals surface area contributed by atoms with Crippen LogP contribution in [0.1, 0.15) is 41.3 Å². The number of benzene rings is 1. The number of carbonyl (C=O) groups is 1. The van der Waals surface area contributed by atoms with E-state index in [0.717, 1.165) is 48.7 Å². The van der Waals surface area contributed by atoms with Gasteiger partial charge in [0.15, 0.2) is 5.13 Å². The van der Waals surface area contributed by atoms with Gasteiger partial charge in [-0.25, -0.2) is 9.97 Å². The van der Waals surface area contributed by atoms with Gasteiger partial charge in [0.25, 0.3) is 0 Å². The summed E-state index contributed by atoms with van der Waals surface area (Å²) in [6, 6.07) is 8.33. The van der Waals surface area contributed by atoms with Crippen molar-refractivity contribution in [2.75, 3.05) is 25.0 Å². The van der Waals surface area contributed by atoms with Crippen molar-refractivity contribution < 1.29 is 4.79 Å². The van der Waals surface area contributed by atoms with Gasteiger partial charge >= 0.3 is 0 Å². The first kappa shape index (κ1) is 18.5. The Morgan fingerprint density at radius 3 is 2.70 bits per heavy atom. The molecule has 1 aliphatic heterocycles. The number of likely N-dealkylation sites (tertiary alicyclic amines) is 1. The summed E-state index contributed by atoms with van der Waals surface area (Å²) in [7, 11) is 0. The molecule has 0 spiro atoms. The van der Waals surface area contributed by atoms with E-state index in [4.69, 9.17) is 4.98 Å². The van der Waals surface area contributed by atoms with Crippen LogP contribution in [-0.4, -0.2) is 40.4 Å². The Kier molecular flexibility index (Phi) is 5.52. The molecule has 7 heteroatoms. The summed E-state index contributed by atoms with van der Waals surface area (Å²) in [5, 5.41) is 4.92. The zero-order chi connectivity index (χ0) is 18.8. The van der Waals surface area contributed by atoms with E-state index < -0.39 is 0 Å². The van der Waals surface area contributed by atoms with Crippen LogP contribution in [0, 0.1) is 6.92 Å². The van der Waals surface area contributed by atoms with E-state index in [-0.39, 0.29) is 5.91 Å². The third-order valence-electron chi connectivity index (χ3n) is 5.09. The van der Waals surface area contributed by atoms with Gasteiger partial charge in [-0.1, -0.05) is 19.1 Å². The molecule has 0 bridgehead atoms. The Morgan fingerprint density at radius 1 is 1.22 bits per heavy atom. The van der Waals surface area contributed by atoms with Crippen LogP contribution in [0.25, 0.3) is 10.2 Å². The molecule has 1 amide bonds. The fourth-order valence-electron chi connectivity index (χ4n) is 3.57. The van der Waals surface area contributed by atoms with Crippen LogP contribution in [0.4, 0.5) is 5.13 Å². The maximum absolute atomic E-state index is 12.4. The van der Waals surface area contributed by atoms with Crippen molar-refractivity contribution in [2.24, 2.45) is 0 Å². The number of piperidine rings is 1. The monoisotopic (exact) mass is 400 g/mol. The number of rotatable bonds is 5. The van der Waals surface area contributed by atoms with E-state index in [2.05, 4.69) is 47.2 Å². The molecule has 0 saturated carbocycles. The zero-order valence-electron chi connectivity index (χ0n) is 15.7. The highest BCUT2D eigenvalue weighted by molar-refractivity contribution is 7.18. The summed E-state index contributed by atoms with van der Waals surface area (Å²) in [4.78, 5) is 25.1. The molecule has 0 radical (unpaired) electrons. The lowest BCUT2D eigenvalue weighted by Gasteiger charge is -2.30. The largest absolute Gasteiger partial charge is 0.301 e. The molecular formula is C20H24N4OS2. The van der Waals surface area contributed by atoms with Crippen molar-refractivity contribution in [3.63, 3.8) is 0 Å². The Morgan fingerprint density at radius 2 is 2.00 bits per heavy atom. The first-order valence-corrected chi connectivity index (χ1v) is 11.1. The normalized spacial score (nSPS) is 16.1. The fourth-order valence-corrected chi connectivity index (χ4v) is 5.63. The molecule has 1 saturated heterocycles. The van der Waals surface area contributed by atoms with Gasteiger partial charge in [0, 0.05) is 10.8 Å². The van der Waals surface area contributed by atoms with E-state index >= 15 is 0 Å². The summed E-state index contributed by atoms with van der Waals surface area (Å²) < 4.78 is 1.26. The van der Waals surface area contributed by atoms with Crippen molar-refractivity contribution in [2.45, 2.75) is 39.0 Å². The van der Waals surface area contributed by atoms with E-state index in [9.17, 15) is 4.79 Å². The number of nitrogens with one attached hydrogen (secondary N) is 1. The maximum atomic E-state index is 12.4. The van der Waals surface area contributed by atoms with Crippen LogP contribution in [0.2, 0.25) is 0 Å². The summed E-state index contributed by atoms with van der Waals surface area (Å²) in [6.07, 6.45) is 3.02. The maximum Gasteiger partial charge on any atom is 0.240 e. The number of amides is 1. The SMILES string of the molecule is CCc1nc(NC(=O)CN2CCC(c3nc4ccccc4s3)CC2)sc1C. The van der Waals surface area contributed by atoms with Gasteiger partial charge in [-0.2, -0.15) is 0 Å². The molecule has 3 heterocycles. The first-order chi connectivity index (χ1) is 13.1. The van der Waals surface area contributed by atoms with Crippen LogP contribution in [0.5, 0.6) is 0 Å². The van der Waals surface area contributed by atoms with Crippen LogP contribution >= 0.6 is 22.7 Å². The second-order valence-corrected chi connectivity index (χ2v) is 9.26. The number of aromatic nitrogens is 2. The van der Waals surface area contributed by atoms with Gasteiger partial charge in [0.05, 0.1) is 27.5 Å². The van der Waals surface area contributed by atoms with E-state index in [1.807, 2.05) is 17.4 Å². The van der Waals surface area contributed by atoms with Gasteiger partial charge in [-0.05, 0) is 51.4 Å². The highest BCUT2D eigenvalue weighted by Crippen LogP contribution is 2.33. The molecule has 3 aromatic rings. The number of anilines is 1. The number of hydrogen-bond acceptors (Lipinski definition) is 6. The number of carbonyl (C=O) groups excluding carboxylic acids is 1. The van der Waals surface area contributed by atoms with Gasteiger partial charge in [-0.3, -0.25) is 9.69 Å². The minimum absolute atomic E-state index is 0.0323. The lowest BCUT2D eigenvalue weighted by atomic mass is 9.97. The third-order valence-corrected chi connectivity index (χ3v) is 7.22. The number of fused-ring (bicyclic) bond motifs is 1. The van der Waals surface area contributed by atoms with Crippen LogP contribution in [0.15, 0.2) is 24.3 Å². The van der Waals surface area contributed by atoms with Gasteiger partial charge in [0.1, 0.15) is 0 Å². The molecule has 1 N–H and O–H groups in total. The molecule has 1 aromatic carbocycles. The molecule has 1 aliphatic rings. The lowest BCUT2D eigenvalue weighted by molar-refractivity contribution is -0.117. The van der Waals surface area contributed by atoms with Crippen molar-refractivity contribution in [3.05, 3.63) is 39.8 Å². The highest BCUT2D eigenvalue weighted by Gasteiger charge is 2.24. The summed E-state index contributed by atoms with van der Waals surface area (Å²) in [5.41, 5.74) is 2.18. The lowest BCUT2D eigenvalue weighted by Crippen LogP contribution is -2.38. The van der Waals surface area contributed by atoms with Crippen molar-refractivity contribution >= 4 is 43.9 Å². The van der Waals surface area contributed by atoms with Gasteiger partial charge < -0.3 is 5.32 Å².